The highest BCUT2D eigenvalue weighted by molar-refractivity contribution is 5.07. The molecule has 1 fully saturated rings. The molecule has 1 saturated heterocycles. The van der Waals surface area contributed by atoms with E-state index in [1.165, 1.54) is 32.4 Å². The van der Waals surface area contributed by atoms with Crippen molar-refractivity contribution in [1.82, 2.24) is 4.90 Å². The number of hydrogen-bond acceptors (Lipinski definition) is 1. The van der Waals surface area contributed by atoms with Gasteiger partial charge in [-0.25, -0.2) is 0 Å². The lowest BCUT2D eigenvalue weighted by atomic mass is 9.70. The van der Waals surface area contributed by atoms with E-state index < -0.39 is 0 Å². The largest absolute Gasteiger partial charge is 0.297 e. The molecule has 0 N–H and O–H groups in total. The van der Waals surface area contributed by atoms with Gasteiger partial charge in [0.2, 0.25) is 0 Å². The Kier molecular flexibility index (Phi) is 3.50. The fourth-order valence-corrected chi connectivity index (χ4v) is 3.58. The summed E-state index contributed by atoms with van der Waals surface area (Å²) in [5.41, 5.74) is 0. The maximum Gasteiger partial charge on any atom is 0.0309 e. The van der Waals surface area contributed by atoms with Gasteiger partial charge in [-0.05, 0) is 37.1 Å². The molecule has 2 aliphatic rings. The molecule has 15 heavy (non-hydrogen) atoms. The van der Waals surface area contributed by atoms with Crippen LogP contribution in [0, 0.1) is 17.8 Å². The number of likely N-dealkylation sites (tertiary alicyclic amines) is 1. The average Bonchev–Trinajstić information content (AvgIpc) is 2.30. The predicted molar refractivity (Wildman–Crippen MR) is 65.8 cm³/mol. The zero-order valence-corrected chi connectivity index (χ0v) is 10.4. The average molecular weight is 207 g/mol. The first-order valence-corrected chi connectivity index (χ1v) is 6.68. The Balaban J connectivity index is 2.16. The van der Waals surface area contributed by atoms with Crippen LogP contribution >= 0.6 is 0 Å². The molecule has 0 amide bonds. The van der Waals surface area contributed by atoms with Crippen molar-refractivity contribution in [2.45, 2.75) is 46.1 Å². The third-order valence-electron chi connectivity index (χ3n) is 4.68. The van der Waals surface area contributed by atoms with Crippen LogP contribution in [0.2, 0.25) is 0 Å². The number of allylic oxidation sites excluding steroid dienone is 1. The summed E-state index contributed by atoms with van der Waals surface area (Å²) >= 11 is 0. The summed E-state index contributed by atoms with van der Waals surface area (Å²) in [4.78, 5) is 2.69. The van der Waals surface area contributed by atoms with Crippen LogP contribution < -0.4 is 0 Å². The van der Waals surface area contributed by atoms with Crippen LogP contribution in [0.5, 0.6) is 0 Å². The molecule has 2 unspecified atom stereocenters. The van der Waals surface area contributed by atoms with E-state index in [0.29, 0.717) is 0 Å². The Labute approximate surface area is 94.5 Å². The molecule has 1 aliphatic carbocycles. The molecule has 86 valence electrons. The molecule has 0 spiro atoms. The van der Waals surface area contributed by atoms with Crippen molar-refractivity contribution in [2.75, 3.05) is 13.1 Å². The molecule has 2 rings (SSSR count). The van der Waals surface area contributed by atoms with Crippen LogP contribution in [-0.2, 0) is 0 Å². The molecular weight excluding hydrogens is 182 g/mol. The second-order valence-electron chi connectivity index (χ2n) is 5.27. The zero-order chi connectivity index (χ0) is 10.8. The van der Waals surface area contributed by atoms with Crippen molar-refractivity contribution >= 4 is 0 Å². The van der Waals surface area contributed by atoms with E-state index in [1.807, 2.05) is 0 Å². The van der Waals surface area contributed by atoms with E-state index in [9.17, 15) is 0 Å². The Hall–Kier alpha value is -0.300. The highest BCUT2D eigenvalue weighted by atomic mass is 15.2. The third-order valence-corrected chi connectivity index (χ3v) is 4.68. The van der Waals surface area contributed by atoms with Crippen molar-refractivity contribution in [3.8, 4) is 0 Å². The minimum atomic E-state index is 0.751. The fraction of sp³-hybridized carbons (Fsp3) is 0.857. The summed E-state index contributed by atoms with van der Waals surface area (Å²) in [6.07, 6.45) is 8.93. The number of likely N-dealkylation sites (N-methyl/N-ethyl adjacent to an activating group) is 1. The smallest absolute Gasteiger partial charge is 0.0309 e. The first-order chi connectivity index (χ1) is 7.27. The maximum atomic E-state index is 2.69. The summed E-state index contributed by atoms with van der Waals surface area (Å²) in [5, 5.41) is 0. The molecule has 1 nitrogen and oxygen atoms in total. The Morgan fingerprint density at radius 1 is 1.33 bits per heavy atom. The Bertz CT molecular complexity index is 233. The fourth-order valence-electron chi connectivity index (χ4n) is 3.58. The normalized spacial score (nSPS) is 41.5. The van der Waals surface area contributed by atoms with Crippen molar-refractivity contribution in [3.05, 3.63) is 12.2 Å². The SMILES string of the molecule is CCC1CN(CC)[C@H]2C=CCCC2[C@H]1C. The van der Waals surface area contributed by atoms with Crippen molar-refractivity contribution in [3.63, 3.8) is 0 Å². The van der Waals surface area contributed by atoms with Gasteiger partial charge < -0.3 is 0 Å². The van der Waals surface area contributed by atoms with Crippen molar-refractivity contribution < 1.29 is 0 Å². The van der Waals surface area contributed by atoms with Gasteiger partial charge in [-0.15, -0.1) is 0 Å². The number of fused-ring (bicyclic) bond motifs is 1. The number of piperidine rings is 1. The molecular formula is C14H25N. The summed E-state index contributed by atoms with van der Waals surface area (Å²) in [5.74, 6) is 2.78. The summed E-state index contributed by atoms with van der Waals surface area (Å²) in [6, 6.07) is 0.751. The van der Waals surface area contributed by atoms with Crippen molar-refractivity contribution in [2.24, 2.45) is 17.8 Å². The Morgan fingerprint density at radius 3 is 2.80 bits per heavy atom. The van der Waals surface area contributed by atoms with Crippen molar-refractivity contribution in [1.29, 1.82) is 0 Å². The van der Waals surface area contributed by atoms with E-state index >= 15 is 0 Å². The van der Waals surface area contributed by atoms with Crippen LogP contribution in [0.4, 0.5) is 0 Å². The van der Waals surface area contributed by atoms with Crippen LogP contribution in [-0.4, -0.2) is 24.0 Å². The minimum absolute atomic E-state index is 0.751. The molecule has 4 atom stereocenters. The monoisotopic (exact) mass is 207 g/mol. The summed E-state index contributed by atoms with van der Waals surface area (Å²) < 4.78 is 0. The van der Waals surface area contributed by atoms with Gasteiger partial charge >= 0.3 is 0 Å². The molecule has 0 aromatic carbocycles. The maximum absolute atomic E-state index is 2.69. The topological polar surface area (TPSA) is 3.24 Å². The van der Waals surface area contributed by atoms with E-state index in [-0.39, 0.29) is 0 Å². The van der Waals surface area contributed by atoms with Crippen LogP contribution in [0.3, 0.4) is 0 Å². The highest BCUT2D eigenvalue weighted by Crippen LogP contribution is 2.39. The molecule has 0 aromatic rings. The molecule has 0 saturated carbocycles. The molecule has 0 aromatic heterocycles. The minimum Gasteiger partial charge on any atom is -0.297 e. The second-order valence-corrected chi connectivity index (χ2v) is 5.27. The van der Waals surface area contributed by atoms with E-state index in [2.05, 4.69) is 37.8 Å². The van der Waals surface area contributed by atoms with Gasteiger partial charge in [0, 0.05) is 12.6 Å². The molecule has 1 aliphatic heterocycles. The van der Waals surface area contributed by atoms with Gasteiger partial charge in [-0.1, -0.05) is 39.3 Å². The van der Waals surface area contributed by atoms with Gasteiger partial charge in [0.25, 0.3) is 0 Å². The first kappa shape index (κ1) is 11.2. The quantitative estimate of drug-likeness (QED) is 0.628. The lowest BCUT2D eigenvalue weighted by Gasteiger charge is -2.48. The van der Waals surface area contributed by atoms with Crippen LogP contribution in [0.15, 0.2) is 12.2 Å². The van der Waals surface area contributed by atoms with Gasteiger partial charge in [0.15, 0.2) is 0 Å². The number of rotatable bonds is 2. The molecule has 0 bridgehead atoms. The molecule has 1 heterocycles. The number of nitrogens with zero attached hydrogens (tertiary/aromatic N) is 1. The van der Waals surface area contributed by atoms with Gasteiger partial charge in [0.05, 0.1) is 0 Å². The lowest BCUT2D eigenvalue weighted by molar-refractivity contribution is 0.0276. The van der Waals surface area contributed by atoms with Gasteiger partial charge in [-0.2, -0.15) is 0 Å². The predicted octanol–water partition coefficient (Wildman–Crippen LogP) is 3.32. The van der Waals surface area contributed by atoms with Crippen LogP contribution in [0.25, 0.3) is 0 Å². The number of hydrogen-bond donors (Lipinski definition) is 0. The lowest BCUT2D eigenvalue weighted by Crippen LogP contribution is -2.52. The van der Waals surface area contributed by atoms with Gasteiger partial charge in [-0.3, -0.25) is 4.90 Å². The van der Waals surface area contributed by atoms with Crippen LogP contribution in [0.1, 0.15) is 40.0 Å². The first-order valence-electron chi connectivity index (χ1n) is 6.68. The molecule has 0 radical (unpaired) electrons. The standard InChI is InChI=1S/C14H25N/c1-4-12-10-15(5-2)14-9-7-6-8-13(14)11(12)3/h7,9,11-14H,4-6,8,10H2,1-3H3/t11-,12?,13?,14-/m0/s1. The van der Waals surface area contributed by atoms with E-state index in [4.69, 9.17) is 0 Å². The highest BCUT2D eigenvalue weighted by Gasteiger charge is 2.39. The Morgan fingerprint density at radius 2 is 2.13 bits per heavy atom. The van der Waals surface area contributed by atoms with E-state index in [1.54, 1.807) is 0 Å². The van der Waals surface area contributed by atoms with E-state index in [0.717, 1.165) is 23.8 Å². The summed E-state index contributed by atoms with van der Waals surface area (Å²) in [7, 11) is 0. The van der Waals surface area contributed by atoms with Gasteiger partial charge in [0.1, 0.15) is 0 Å². The summed E-state index contributed by atoms with van der Waals surface area (Å²) in [6.45, 7) is 9.68. The molecule has 1 heteroatoms. The zero-order valence-electron chi connectivity index (χ0n) is 10.4. The third kappa shape index (κ3) is 1.99. The second kappa shape index (κ2) is 4.69.